The molecule has 5 heteroatoms. The maximum absolute atomic E-state index is 5.98. The molecule has 20 heavy (non-hydrogen) atoms. The molecule has 0 saturated carbocycles. The normalized spacial score (nSPS) is 14.6. The van der Waals surface area contributed by atoms with E-state index >= 15 is 0 Å². The number of aryl methyl sites for hydroxylation is 1. The number of hydrogen-bond acceptors (Lipinski definition) is 4. The Morgan fingerprint density at radius 2 is 2.05 bits per heavy atom. The average molecular weight is 283 g/mol. The van der Waals surface area contributed by atoms with Crippen LogP contribution in [0, 0.1) is 5.92 Å². The Hall–Kier alpha value is -1.07. The van der Waals surface area contributed by atoms with Crippen molar-refractivity contribution < 1.29 is 9.47 Å². The summed E-state index contributed by atoms with van der Waals surface area (Å²) in [5, 5.41) is 7.90. The Morgan fingerprint density at radius 3 is 2.55 bits per heavy atom. The Bertz CT molecular complexity index is 390. The number of rotatable bonds is 9. The average Bonchev–Trinajstić information content (AvgIpc) is 2.79. The zero-order valence-electron chi connectivity index (χ0n) is 13.6. The van der Waals surface area contributed by atoms with Gasteiger partial charge in [0.05, 0.1) is 31.1 Å². The summed E-state index contributed by atoms with van der Waals surface area (Å²) in [6.07, 6.45) is 2.93. The van der Waals surface area contributed by atoms with E-state index in [1.54, 1.807) is 13.3 Å². The lowest BCUT2D eigenvalue weighted by atomic mass is 9.96. The van der Waals surface area contributed by atoms with Crippen LogP contribution in [0.4, 0.5) is 0 Å². The molecule has 2 atom stereocenters. The topological polar surface area (TPSA) is 48.3 Å². The van der Waals surface area contributed by atoms with Crippen LogP contribution >= 0.6 is 0 Å². The van der Waals surface area contributed by atoms with Gasteiger partial charge in [-0.1, -0.05) is 20.8 Å². The predicted octanol–water partition coefficient (Wildman–Crippen LogP) is 2.53. The van der Waals surface area contributed by atoms with Gasteiger partial charge in [-0.05, 0) is 25.8 Å². The molecule has 1 heterocycles. The summed E-state index contributed by atoms with van der Waals surface area (Å²) in [6.45, 7) is 10.2. The molecule has 0 aromatic carbocycles. The summed E-state index contributed by atoms with van der Waals surface area (Å²) in [7, 11) is 3.63. The Kier molecular flexibility index (Phi) is 7.02. The zero-order chi connectivity index (χ0) is 15.1. The molecule has 0 radical (unpaired) electrons. The van der Waals surface area contributed by atoms with Crippen molar-refractivity contribution in [2.24, 2.45) is 13.0 Å². The van der Waals surface area contributed by atoms with Gasteiger partial charge >= 0.3 is 0 Å². The summed E-state index contributed by atoms with van der Waals surface area (Å²) >= 11 is 0. The zero-order valence-corrected chi connectivity index (χ0v) is 13.6. The molecular weight excluding hydrogens is 254 g/mol. The van der Waals surface area contributed by atoms with Crippen LogP contribution in [0.1, 0.15) is 45.9 Å². The highest BCUT2D eigenvalue weighted by molar-refractivity contribution is 5.29. The van der Waals surface area contributed by atoms with Gasteiger partial charge in [-0.15, -0.1) is 0 Å². The standard InChI is InChI=1S/C15H29N3O2/c1-7-9-16-13(15(11(3)4)20-8-2)14-12(19-6)10-17-18(14)5/h10-11,13,15-16H,7-9H2,1-6H3. The Balaban J connectivity index is 3.11. The van der Waals surface area contributed by atoms with E-state index in [0.717, 1.165) is 24.4 Å². The van der Waals surface area contributed by atoms with Crippen molar-refractivity contribution in [1.82, 2.24) is 15.1 Å². The van der Waals surface area contributed by atoms with Crippen LogP contribution in [0.25, 0.3) is 0 Å². The molecule has 0 saturated heterocycles. The molecule has 0 aliphatic rings. The second kappa shape index (κ2) is 8.27. The van der Waals surface area contributed by atoms with E-state index < -0.39 is 0 Å². The van der Waals surface area contributed by atoms with Gasteiger partial charge in [0.25, 0.3) is 0 Å². The van der Waals surface area contributed by atoms with Gasteiger partial charge in [-0.3, -0.25) is 4.68 Å². The third-order valence-corrected chi connectivity index (χ3v) is 3.42. The minimum Gasteiger partial charge on any atom is -0.493 e. The van der Waals surface area contributed by atoms with Crippen LogP contribution in [-0.4, -0.2) is 36.1 Å². The molecule has 116 valence electrons. The van der Waals surface area contributed by atoms with E-state index in [9.17, 15) is 0 Å². The fourth-order valence-corrected chi connectivity index (χ4v) is 2.47. The first-order chi connectivity index (χ1) is 9.56. The molecule has 1 N–H and O–H groups in total. The maximum Gasteiger partial charge on any atom is 0.161 e. The Labute approximate surface area is 122 Å². The van der Waals surface area contributed by atoms with Crippen molar-refractivity contribution >= 4 is 0 Å². The quantitative estimate of drug-likeness (QED) is 0.756. The molecule has 0 aliphatic carbocycles. The van der Waals surface area contributed by atoms with Gasteiger partial charge in [0.15, 0.2) is 5.75 Å². The van der Waals surface area contributed by atoms with Gasteiger partial charge < -0.3 is 14.8 Å². The number of aromatic nitrogens is 2. The molecular formula is C15H29N3O2. The molecule has 1 aromatic heterocycles. The molecule has 1 rings (SSSR count). The van der Waals surface area contributed by atoms with Crippen LogP contribution in [0.2, 0.25) is 0 Å². The predicted molar refractivity (Wildman–Crippen MR) is 81.0 cm³/mol. The minimum absolute atomic E-state index is 0.0809. The van der Waals surface area contributed by atoms with Crippen LogP contribution in [0.3, 0.4) is 0 Å². The first kappa shape index (κ1) is 17.0. The van der Waals surface area contributed by atoms with Gasteiger partial charge in [0.1, 0.15) is 0 Å². The van der Waals surface area contributed by atoms with E-state index in [4.69, 9.17) is 9.47 Å². The van der Waals surface area contributed by atoms with Gasteiger partial charge in [-0.25, -0.2) is 0 Å². The Morgan fingerprint density at radius 1 is 1.35 bits per heavy atom. The fraction of sp³-hybridized carbons (Fsp3) is 0.800. The molecule has 0 spiro atoms. The van der Waals surface area contributed by atoms with Crippen LogP contribution in [-0.2, 0) is 11.8 Å². The van der Waals surface area contributed by atoms with Crippen LogP contribution in [0.15, 0.2) is 6.20 Å². The lowest BCUT2D eigenvalue weighted by Crippen LogP contribution is -2.39. The number of nitrogens with zero attached hydrogens (tertiary/aromatic N) is 2. The molecule has 1 aromatic rings. The highest BCUT2D eigenvalue weighted by Gasteiger charge is 2.31. The monoisotopic (exact) mass is 283 g/mol. The van der Waals surface area contributed by atoms with Gasteiger partial charge in [0, 0.05) is 13.7 Å². The van der Waals surface area contributed by atoms with Crippen molar-refractivity contribution in [2.45, 2.75) is 46.3 Å². The summed E-state index contributed by atoms with van der Waals surface area (Å²) in [6, 6.07) is 0.0809. The second-order valence-electron chi connectivity index (χ2n) is 5.32. The third-order valence-electron chi connectivity index (χ3n) is 3.42. The number of methoxy groups -OCH3 is 1. The van der Waals surface area contributed by atoms with E-state index in [1.165, 1.54) is 0 Å². The number of nitrogens with one attached hydrogen (secondary N) is 1. The minimum atomic E-state index is 0.0809. The van der Waals surface area contributed by atoms with Crippen molar-refractivity contribution in [2.75, 3.05) is 20.3 Å². The first-order valence-corrected chi connectivity index (χ1v) is 7.47. The van der Waals surface area contributed by atoms with Crippen LogP contribution in [0.5, 0.6) is 5.75 Å². The molecule has 0 fully saturated rings. The third kappa shape index (κ3) is 3.96. The fourth-order valence-electron chi connectivity index (χ4n) is 2.47. The number of ether oxygens (including phenoxy) is 2. The lowest BCUT2D eigenvalue weighted by molar-refractivity contribution is 0.000433. The smallest absolute Gasteiger partial charge is 0.161 e. The van der Waals surface area contributed by atoms with E-state index in [2.05, 4.69) is 31.2 Å². The summed E-state index contributed by atoms with van der Waals surface area (Å²) in [4.78, 5) is 0. The van der Waals surface area contributed by atoms with Crippen molar-refractivity contribution in [3.05, 3.63) is 11.9 Å². The molecule has 0 bridgehead atoms. The molecule has 5 nitrogen and oxygen atoms in total. The van der Waals surface area contributed by atoms with Crippen molar-refractivity contribution in [1.29, 1.82) is 0 Å². The van der Waals surface area contributed by atoms with Crippen molar-refractivity contribution in [3.8, 4) is 5.75 Å². The van der Waals surface area contributed by atoms with Gasteiger partial charge in [-0.2, -0.15) is 5.10 Å². The highest BCUT2D eigenvalue weighted by Crippen LogP contribution is 2.31. The largest absolute Gasteiger partial charge is 0.493 e. The summed E-state index contributed by atoms with van der Waals surface area (Å²) in [5.41, 5.74) is 1.05. The highest BCUT2D eigenvalue weighted by atomic mass is 16.5. The maximum atomic E-state index is 5.98. The van der Waals surface area contributed by atoms with E-state index in [-0.39, 0.29) is 12.1 Å². The van der Waals surface area contributed by atoms with Gasteiger partial charge in [0.2, 0.25) is 0 Å². The first-order valence-electron chi connectivity index (χ1n) is 7.47. The van der Waals surface area contributed by atoms with E-state index in [1.807, 2.05) is 18.7 Å². The molecule has 2 unspecified atom stereocenters. The summed E-state index contributed by atoms with van der Waals surface area (Å²) in [5.74, 6) is 1.22. The second-order valence-corrected chi connectivity index (χ2v) is 5.32. The summed E-state index contributed by atoms with van der Waals surface area (Å²) < 4.78 is 13.3. The molecule has 0 aliphatic heterocycles. The SMILES string of the molecule is CCCNC(c1c(OC)cnn1C)C(OCC)C(C)C. The van der Waals surface area contributed by atoms with Crippen LogP contribution < -0.4 is 10.1 Å². The lowest BCUT2D eigenvalue weighted by Gasteiger charge is -2.31. The van der Waals surface area contributed by atoms with E-state index in [0.29, 0.717) is 12.5 Å². The van der Waals surface area contributed by atoms with Crippen molar-refractivity contribution in [3.63, 3.8) is 0 Å². The number of hydrogen-bond donors (Lipinski definition) is 1. The molecule has 0 amide bonds.